The van der Waals surface area contributed by atoms with Gasteiger partial charge in [-0.2, -0.15) is 4.98 Å². The first-order valence-electron chi connectivity index (χ1n) is 7.12. The topological polar surface area (TPSA) is 119 Å². The van der Waals surface area contributed by atoms with Gasteiger partial charge in [-0.3, -0.25) is 4.57 Å². The molecular weight excluding hydrogens is 291 g/mol. The van der Waals surface area contributed by atoms with E-state index in [0.717, 1.165) is 4.57 Å². The third-order valence-electron chi connectivity index (χ3n) is 4.36. The van der Waals surface area contributed by atoms with Gasteiger partial charge < -0.3 is 10.5 Å². The van der Waals surface area contributed by atoms with Gasteiger partial charge >= 0.3 is 5.69 Å². The van der Waals surface area contributed by atoms with Gasteiger partial charge in [0.2, 0.25) is 0 Å². The van der Waals surface area contributed by atoms with Gasteiger partial charge in [0, 0.05) is 23.6 Å². The molecular formula is C13H19FN6O2. The molecule has 1 saturated heterocycles. The maximum Gasteiger partial charge on any atom is 0.351 e. The molecule has 0 aliphatic carbocycles. The van der Waals surface area contributed by atoms with Gasteiger partial charge in [-0.15, -0.1) is 0 Å². The van der Waals surface area contributed by atoms with E-state index in [1.165, 1.54) is 12.3 Å². The lowest BCUT2D eigenvalue weighted by atomic mass is 9.83. The summed E-state index contributed by atoms with van der Waals surface area (Å²) in [6.07, 6.45) is -0.101. The molecule has 1 aromatic rings. The Kier molecular flexibility index (Phi) is 4.68. The standard InChI is InChI=1S/C13H19FN6O2/c1-3-13(5-6-17-19-16)8(2)10(14)11(22-13)20-7-4-9(15)18-12(20)21/h4,7-8,10-11H,3,5-6H2,1-2H3,(H2,15,18,21)/t8-,10+,11+,13-/m0/s1. The van der Waals surface area contributed by atoms with Crippen LogP contribution in [0.4, 0.5) is 10.2 Å². The number of nitrogen functional groups attached to an aromatic ring is 1. The van der Waals surface area contributed by atoms with Crippen LogP contribution in [-0.2, 0) is 4.74 Å². The van der Waals surface area contributed by atoms with Crippen molar-refractivity contribution < 1.29 is 9.13 Å². The van der Waals surface area contributed by atoms with Crippen molar-refractivity contribution in [3.8, 4) is 0 Å². The summed E-state index contributed by atoms with van der Waals surface area (Å²) in [6, 6.07) is 1.42. The summed E-state index contributed by atoms with van der Waals surface area (Å²) in [5.41, 5.74) is 12.4. The molecule has 2 N–H and O–H groups in total. The number of anilines is 1. The SMILES string of the molecule is CC[C@@]1(CCN=[N+]=[N-])O[C@@H](n2ccc(N)nc2=O)[C@H](F)[C@@H]1C. The molecule has 1 fully saturated rings. The number of hydrogen-bond donors (Lipinski definition) is 1. The van der Waals surface area contributed by atoms with E-state index in [0.29, 0.717) is 12.8 Å². The van der Waals surface area contributed by atoms with E-state index in [9.17, 15) is 9.18 Å². The summed E-state index contributed by atoms with van der Waals surface area (Å²) in [5, 5.41) is 3.50. The fraction of sp³-hybridized carbons (Fsp3) is 0.692. The zero-order chi connectivity index (χ0) is 16.3. The molecule has 1 aliphatic heterocycles. The Morgan fingerprint density at radius 1 is 1.68 bits per heavy atom. The number of nitrogens with two attached hydrogens (primary N) is 1. The summed E-state index contributed by atoms with van der Waals surface area (Å²) >= 11 is 0. The van der Waals surface area contributed by atoms with Crippen molar-refractivity contribution in [2.75, 3.05) is 12.3 Å². The lowest BCUT2D eigenvalue weighted by Gasteiger charge is -2.31. The molecule has 2 rings (SSSR count). The van der Waals surface area contributed by atoms with Crippen LogP contribution in [0, 0.1) is 5.92 Å². The molecule has 0 amide bonds. The molecule has 8 nitrogen and oxygen atoms in total. The monoisotopic (exact) mass is 310 g/mol. The van der Waals surface area contributed by atoms with E-state index in [-0.39, 0.29) is 12.4 Å². The zero-order valence-corrected chi connectivity index (χ0v) is 12.5. The van der Waals surface area contributed by atoms with Crippen molar-refractivity contribution in [2.24, 2.45) is 11.0 Å². The van der Waals surface area contributed by atoms with Gasteiger partial charge in [0.15, 0.2) is 12.4 Å². The van der Waals surface area contributed by atoms with Crippen molar-refractivity contribution >= 4 is 5.82 Å². The van der Waals surface area contributed by atoms with Crippen molar-refractivity contribution in [3.05, 3.63) is 33.2 Å². The molecule has 4 atom stereocenters. The number of nitrogens with zero attached hydrogens (tertiary/aromatic N) is 5. The highest BCUT2D eigenvalue weighted by molar-refractivity contribution is 5.23. The number of hydrogen-bond acceptors (Lipinski definition) is 5. The number of ether oxygens (including phenoxy) is 1. The van der Waals surface area contributed by atoms with Gasteiger partial charge in [-0.05, 0) is 24.4 Å². The Hall–Kier alpha value is -2.12. The second-order valence-corrected chi connectivity index (χ2v) is 5.41. The van der Waals surface area contributed by atoms with Crippen molar-refractivity contribution in [3.63, 3.8) is 0 Å². The van der Waals surface area contributed by atoms with Crippen LogP contribution in [0.15, 0.2) is 22.2 Å². The minimum Gasteiger partial charge on any atom is -0.383 e. The first kappa shape index (κ1) is 16.3. The smallest absolute Gasteiger partial charge is 0.351 e. The molecule has 0 radical (unpaired) electrons. The van der Waals surface area contributed by atoms with E-state index < -0.39 is 29.6 Å². The predicted molar refractivity (Wildman–Crippen MR) is 78.7 cm³/mol. The van der Waals surface area contributed by atoms with Gasteiger partial charge in [0.25, 0.3) is 0 Å². The summed E-state index contributed by atoms with van der Waals surface area (Å²) in [4.78, 5) is 18.2. The van der Waals surface area contributed by atoms with E-state index in [4.69, 9.17) is 16.0 Å². The van der Waals surface area contributed by atoms with Crippen LogP contribution in [-0.4, -0.2) is 27.9 Å². The molecule has 2 heterocycles. The van der Waals surface area contributed by atoms with Gasteiger partial charge in [-0.25, -0.2) is 9.18 Å². The minimum absolute atomic E-state index is 0.0767. The molecule has 1 aliphatic rings. The van der Waals surface area contributed by atoms with Crippen molar-refractivity contribution in [2.45, 2.75) is 44.7 Å². The molecule has 22 heavy (non-hydrogen) atoms. The normalized spacial score (nSPS) is 31.0. The van der Waals surface area contributed by atoms with Gasteiger partial charge in [0.05, 0.1) is 5.60 Å². The van der Waals surface area contributed by atoms with Crippen LogP contribution < -0.4 is 11.4 Å². The van der Waals surface area contributed by atoms with E-state index >= 15 is 0 Å². The number of azide groups is 1. The molecule has 120 valence electrons. The molecule has 0 bridgehead atoms. The Balaban J connectivity index is 2.32. The first-order chi connectivity index (χ1) is 10.4. The summed E-state index contributed by atoms with van der Waals surface area (Å²) in [5.74, 6) is -0.367. The molecule has 9 heteroatoms. The van der Waals surface area contributed by atoms with Crippen LogP contribution in [0.5, 0.6) is 0 Å². The number of rotatable bonds is 5. The first-order valence-corrected chi connectivity index (χ1v) is 7.12. The largest absolute Gasteiger partial charge is 0.383 e. The Morgan fingerprint density at radius 2 is 2.41 bits per heavy atom. The fourth-order valence-electron chi connectivity index (χ4n) is 2.93. The minimum atomic E-state index is -1.37. The molecule has 0 unspecified atom stereocenters. The summed E-state index contributed by atoms with van der Waals surface area (Å²) in [6.45, 7) is 3.83. The number of alkyl halides is 1. The Morgan fingerprint density at radius 3 is 3.00 bits per heavy atom. The fourth-order valence-corrected chi connectivity index (χ4v) is 2.93. The lowest BCUT2D eigenvalue weighted by molar-refractivity contribution is -0.0946. The van der Waals surface area contributed by atoms with Gasteiger partial charge in [-0.1, -0.05) is 19.0 Å². The third kappa shape index (κ3) is 2.77. The van der Waals surface area contributed by atoms with Crippen LogP contribution in [0.1, 0.15) is 32.9 Å². The molecule has 0 saturated carbocycles. The third-order valence-corrected chi connectivity index (χ3v) is 4.36. The van der Waals surface area contributed by atoms with Crippen LogP contribution in [0.25, 0.3) is 10.4 Å². The highest BCUT2D eigenvalue weighted by Gasteiger charge is 2.52. The second-order valence-electron chi connectivity index (χ2n) is 5.41. The van der Waals surface area contributed by atoms with E-state index in [1.807, 2.05) is 6.92 Å². The van der Waals surface area contributed by atoms with Crippen molar-refractivity contribution in [1.29, 1.82) is 0 Å². The Bertz CT molecular complexity index is 644. The average Bonchev–Trinajstić information content (AvgIpc) is 2.73. The predicted octanol–water partition coefficient (Wildman–Crippen LogP) is 2.18. The highest BCUT2D eigenvalue weighted by atomic mass is 19.1. The van der Waals surface area contributed by atoms with E-state index in [2.05, 4.69) is 15.0 Å². The van der Waals surface area contributed by atoms with Gasteiger partial charge in [0.1, 0.15) is 5.82 Å². The lowest BCUT2D eigenvalue weighted by Crippen LogP contribution is -2.36. The quantitative estimate of drug-likeness (QED) is 0.509. The number of halogens is 1. The van der Waals surface area contributed by atoms with Crippen LogP contribution >= 0.6 is 0 Å². The second kappa shape index (κ2) is 6.33. The van der Waals surface area contributed by atoms with Crippen LogP contribution in [0.3, 0.4) is 0 Å². The van der Waals surface area contributed by atoms with E-state index in [1.54, 1.807) is 6.92 Å². The molecule has 0 aromatic carbocycles. The maximum absolute atomic E-state index is 14.7. The molecule has 0 spiro atoms. The number of aromatic nitrogens is 2. The maximum atomic E-state index is 14.7. The Labute approximate surface area is 126 Å². The average molecular weight is 310 g/mol. The summed E-state index contributed by atoms with van der Waals surface area (Å²) in [7, 11) is 0. The van der Waals surface area contributed by atoms with Crippen LogP contribution in [0.2, 0.25) is 0 Å². The van der Waals surface area contributed by atoms with Crippen molar-refractivity contribution in [1.82, 2.24) is 9.55 Å². The summed E-state index contributed by atoms with van der Waals surface area (Å²) < 4.78 is 21.7. The highest BCUT2D eigenvalue weighted by Crippen LogP contribution is 2.46. The zero-order valence-electron chi connectivity index (χ0n) is 12.5. The molecule has 1 aromatic heterocycles.